The maximum absolute atomic E-state index is 13.4. The Balaban J connectivity index is 1.53. The molecule has 0 aromatic carbocycles. The molecule has 0 unspecified atom stereocenters. The minimum Gasteiger partial charge on any atom is -0.360 e. The smallest absolute Gasteiger partial charge is 0.260 e. The summed E-state index contributed by atoms with van der Waals surface area (Å²) < 4.78 is 5.32. The number of carbonyl (C=O) groups excluding carboxylic acids is 2. The Kier molecular flexibility index (Phi) is 5.29. The molecule has 0 bridgehead atoms. The van der Waals surface area contributed by atoms with Crippen molar-refractivity contribution >= 4 is 11.8 Å². The number of nitrogens with zero attached hydrogens (tertiary/aromatic N) is 5. The third-order valence-electron chi connectivity index (χ3n) is 5.88. The van der Waals surface area contributed by atoms with Crippen LogP contribution < -0.4 is 11.5 Å². The lowest BCUT2D eigenvalue weighted by molar-refractivity contribution is -0.134. The predicted molar refractivity (Wildman–Crippen MR) is 103 cm³/mol. The summed E-state index contributed by atoms with van der Waals surface area (Å²) in [5.41, 5.74) is 12.8. The first-order chi connectivity index (χ1) is 14.0. The molecule has 29 heavy (non-hydrogen) atoms. The van der Waals surface area contributed by atoms with E-state index in [1.807, 2.05) is 4.90 Å². The SMILES string of the molecule is Cc1onc(-c2ccncn2)c1C(=O)N1CC[C@H]2CN(C(=O)[C@@H](N)CN)CC[C@H]21. The Hall–Kier alpha value is -2.85. The maximum atomic E-state index is 13.4. The molecule has 2 amide bonds. The number of aryl methyl sites for hydroxylation is 1. The molecule has 0 spiro atoms. The van der Waals surface area contributed by atoms with E-state index in [1.54, 1.807) is 24.1 Å². The zero-order valence-electron chi connectivity index (χ0n) is 16.3. The van der Waals surface area contributed by atoms with E-state index in [0.29, 0.717) is 48.8 Å². The number of likely N-dealkylation sites (tertiary alicyclic amines) is 2. The molecule has 3 atom stereocenters. The zero-order valence-corrected chi connectivity index (χ0v) is 16.3. The van der Waals surface area contributed by atoms with Crippen LogP contribution in [0.15, 0.2) is 23.1 Å². The molecule has 2 aromatic heterocycles. The first-order valence-corrected chi connectivity index (χ1v) is 9.79. The van der Waals surface area contributed by atoms with Crippen molar-refractivity contribution < 1.29 is 14.1 Å². The third kappa shape index (κ3) is 3.49. The van der Waals surface area contributed by atoms with Gasteiger partial charge in [0.05, 0.1) is 11.7 Å². The summed E-state index contributed by atoms with van der Waals surface area (Å²) in [6.07, 6.45) is 4.57. The summed E-state index contributed by atoms with van der Waals surface area (Å²) in [7, 11) is 0. The molecule has 2 aliphatic rings. The van der Waals surface area contributed by atoms with E-state index in [4.69, 9.17) is 16.0 Å². The van der Waals surface area contributed by atoms with Crippen LogP contribution in [0.3, 0.4) is 0 Å². The molecule has 0 saturated carbocycles. The standard InChI is InChI=1S/C19H25N7O3/c1-11-16(17(24-29-11)14-2-5-22-10-23-14)19(28)26-7-3-12-9-25(6-4-15(12)26)18(27)13(21)8-20/h2,5,10,12-13,15H,3-4,6-9,20-21H2,1H3/t12-,13-,15+/m0/s1. The van der Waals surface area contributed by atoms with Crippen molar-refractivity contribution in [2.75, 3.05) is 26.2 Å². The highest BCUT2D eigenvalue weighted by Gasteiger charge is 2.43. The van der Waals surface area contributed by atoms with E-state index < -0.39 is 6.04 Å². The van der Waals surface area contributed by atoms with Crippen LogP contribution >= 0.6 is 0 Å². The lowest BCUT2D eigenvalue weighted by Gasteiger charge is -2.38. The molecule has 4 heterocycles. The number of hydrogen-bond donors (Lipinski definition) is 2. The van der Waals surface area contributed by atoms with Crippen molar-refractivity contribution in [1.82, 2.24) is 24.9 Å². The topological polar surface area (TPSA) is 144 Å². The van der Waals surface area contributed by atoms with Crippen molar-refractivity contribution in [3.63, 3.8) is 0 Å². The molecule has 0 aliphatic carbocycles. The van der Waals surface area contributed by atoms with Gasteiger partial charge in [-0.25, -0.2) is 9.97 Å². The first-order valence-electron chi connectivity index (χ1n) is 9.79. The highest BCUT2D eigenvalue weighted by atomic mass is 16.5. The number of amides is 2. The Labute approximate surface area is 168 Å². The zero-order chi connectivity index (χ0) is 20.5. The Morgan fingerprint density at radius 2 is 2.17 bits per heavy atom. The minimum absolute atomic E-state index is 0.0770. The van der Waals surface area contributed by atoms with Crippen LogP contribution in [0.2, 0.25) is 0 Å². The van der Waals surface area contributed by atoms with Crippen LogP contribution in [-0.2, 0) is 4.79 Å². The fourth-order valence-electron chi connectivity index (χ4n) is 4.35. The molecule has 10 heteroatoms. The fraction of sp³-hybridized carbons (Fsp3) is 0.526. The number of aromatic nitrogens is 3. The quantitative estimate of drug-likeness (QED) is 0.718. The summed E-state index contributed by atoms with van der Waals surface area (Å²) in [5.74, 6) is 0.470. The number of piperidine rings is 1. The fourth-order valence-corrected chi connectivity index (χ4v) is 4.35. The Bertz CT molecular complexity index is 900. The highest BCUT2D eigenvalue weighted by molar-refractivity contribution is 6.00. The predicted octanol–water partition coefficient (Wildman–Crippen LogP) is -0.211. The van der Waals surface area contributed by atoms with Gasteiger partial charge >= 0.3 is 0 Å². The van der Waals surface area contributed by atoms with Gasteiger partial charge in [-0.05, 0) is 31.7 Å². The van der Waals surface area contributed by atoms with Gasteiger partial charge in [-0.3, -0.25) is 9.59 Å². The second kappa shape index (κ2) is 7.88. The number of nitrogens with two attached hydrogens (primary N) is 2. The summed E-state index contributed by atoms with van der Waals surface area (Å²) in [5, 5.41) is 4.06. The van der Waals surface area contributed by atoms with E-state index in [2.05, 4.69) is 15.1 Å². The highest BCUT2D eigenvalue weighted by Crippen LogP contribution is 2.34. The maximum Gasteiger partial charge on any atom is 0.260 e. The first kappa shape index (κ1) is 19.5. The van der Waals surface area contributed by atoms with Crippen molar-refractivity contribution in [3.05, 3.63) is 29.9 Å². The van der Waals surface area contributed by atoms with Gasteiger partial charge < -0.3 is 25.8 Å². The molecule has 0 radical (unpaired) electrons. The lowest BCUT2D eigenvalue weighted by Crippen LogP contribution is -2.54. The van der Waals surface area contributed by atoms with Gasteiger partial charge in [0, 0.05) is 38.4 Å². The number of rotatable bonds is 4. The molecule has 10 nitrogen and oxygen atoms in total. The Morgan fingerprint density at radius 3 is 2.90 bits per heavy atom. The second-order valence-electron chi connectivity index (χ2n) is 7.59. The molecular weight excluding hydrogens is 374 g/mol. The van der Waals surface area contributed by atoms with Crippen LogP contribution in [0.5, 0.6) is 0 Å². The summed E-state index contributed by atoms with van der Waals surface area (Å²) in [6, 6.07) is 1.11. The van der Waals surface area contributed by atoms with Gasteiger partial charge in [-0.2, -0.15) is 0 Å². The normalized spacial score (nSPS) is 22.4. The lowest BCUT2D eigenvalue weighted by atomic mass is 9.92. The van der Waals surface area contributed by atoms with Gasteiger partial charge in [0.25, 0.3) is 5.91 Å². The van der Waals surface area contributed by atoms with Crippen LogP contribution in [0, 0.1) is 12.8 Å². The van der Waals surface area contributed by atoms with E-state index in [-0.39, 0.29) is 30.3 Å². The van der Waals surface area contributed by atoms with Crippen LogP contribution in [0.4, 0.5) is 0 Å². The van der Waals surface area contributed by atoms with Gasteiger partial charge in [0.2, 0.25) is 5.91 Å². The molecule has 4 rings (SSSR count). The van der Waals surface area contributed by atoms with Gasteiger partial charge in [0.15, 0.2) is 0 Å². The summed E-state index contributed by atoms with van der Waals surface area (Å²) >= 11 is 0. The summed E-state index contributed by atoms with van der Waals surface area (Å²) in [6.45, 7) is 3.66. The molecular formula is C19H25N7O3. The largest absolute Gasteiger partial charge is 0.360 e. The van der Waals surface area contributed by atoms with Crippen LogP contribution in [0.25, 0.3) is 11.4 Å². The van der Waals surface area contributed by atoms with E-state index in [9.17, 15) is 9.59 Å². The molecule has 2 aliphatic heterocycles. The third-order valence-corrected chi connectivity index (χ3v) is 5.88. The van der Waals surface area contributed by atoms with Gasteiger partial charge in [0.1, 0.15) is 23.3 Å². The van der Waals surface area contributed by atoms with Gasteiger partial charge in [-0.15, -0.1) is 0 Å². The number of hydrogen-bond acceptors (Lipinski definition) is 8. The van der Waals surface area contributed by atoms with Crippen molar-refractivity contribution in [3.8, 4) is 11.4 Å². The molecule has 2 aromatic rings. The van der Waals surface area contributed by atoms with Crippen LogP contribution in [-0.4, -0.2) is 75.0 Å². The molecule has 4 N–H and O–H groups in total. The molecule has 154 valence electrons. The van der Waals surface area contributed by atoms with Gasteiger partial charge in [-0.1, -0.05) is 5.16 Å². The average Bonchev–Trinajstić information content (AvgIpc) is 3.35. The average molecular weight is 399 g/mol. The molecule has 2 fully saturated rings. The second-order valence-corrected chi connectivity index (χ2v) is 7.59. The van der Waals surface area contributed by atoms with Crippen molar-refractivity contribution in [1.29, 1.82) is 0 Å². The summed E-state index contributed by atoms with van der Waals surface area (Å²) in [4.78, 5) is 37.6. The van der Waals surface area contributed by atoms with Crippen molar-refractivity contribution in [2.45, 2.75) is 31.8 Å². The Morgan fingerprint density at radius 1 is 1.34 bits per heavy atom. The monoisotopic (exact) mass is 399 g/mol. The molecule has 2 saturated heterocycles. The minimum atomic E-state index is -0.666. The van der Waals surface area contributed by atoms with E-state index in [1.165, 1.54) is 6.33 Å². The number of carbonyl (C=O) groups is 2. The van der Waals surface area contributed by atoms with Crippen molar-refractivity contribution in [2.24, 2.45) is 17.4 Å². The van der Waals surface area contributed by atoms with E-state index >= 15 is 0 Å². The number of fused-ring (bicyclic) bond motifs is 1. The van der Waals surface area contributed by atoms with Crippen LogP contribution in [0.1, 0.15) is 29.0 Å². The van der Waals surface area contributed by atoms with E-state index in [0.717, 1.165) is 6.42 Å².